The molecule has 0 fully saturated rings. The fourth-order valence-corrected chi connectivity index (χ4v) is 4.52. The highest BCUT2D eigenvalue weighted by atomic mass is 16.4. The van der Waals surface area contributed by atoms with Gasteiger partial charge in [0.2, 0.25) is 17.7 Å². The van der Waals surface area contributed by atoms with E-state index in [0.717, 1.165) is 16.5 Å². The van der Waals surface area contributed by atoms with Gasteiger partial charge in [-0.3, -0.25) is 14.4 Å². The summed E-state index contributed by atoms with van der Waals surface area (Å²) in [6, 6.07) is 3.93. The number of nitrogens with one attached hydrogen (secondary N) is 4. The van der Waals surface area contributed by atoms with Crippen LogP contribution in [0.15, 0.2) is 30.5 Å². The summed E-state index contributed by atoms with van der Waals surface area (Å²) in [5.41, 5.74) is 8.09. The standard InChI is InChI=1S/C29H45N5O5/c1-7-18(6)25(29(38)39)34-28(37)24(13-17(4)5)33-27(36)23(12-16(2)3)32-26(35)21(30)14-19-15-31-22-11-9-8-10-20(19)22/h8-11,15-18,21,23-25,31H,7,12-14,30H2,1-6H3,(H,32,35)(H,33,36)(H,34,37)(H,38,39). The first-order valence-electron chi connectivity index (χ1n) is 13.8. The minimum Gasteiger partial charge on any atom is -0.480 e. The fraction of sp³-hybridized carbons (Fsp3) is 0.586. The summed E-state index contributed by atoms with van der Waals surface area (Å²) in [5.74, 6) is -2.81. The number of fused-ring (bicyclic) bond motifs is 1. The Balaban J connectivity index is 2.14. The molecule has 0 saturated carbocycles. The van der Waals surface area contributed by atoms with Crippen LogP contribution >= 0.6 is 0 Å². The average molecular weight is 544 g/mol. The second-order valence-corrected chi connectivity index (χ2v) is 11.3. The van der Waals surface area contributed by atoms with Gasteiger partial charge in [-0.15, -0.1) is 0 Å². The lowest BCUT2D eigenvalue weighted by atomic mass is 9.97. The molecule has 39 heavy (non-hydrogen) atoms. The Morgan fingerprint density at radius 1 is 0.872 bits per heavy atom. The number of amides is 3. The molecule has 1 aromatic heterocycles. The number of aliphatic carboxylic acids is 1. The molecule has 10 nitrogen and oxygen atoms in total. The molecule has 0 aliphatic rings. The molecule has 0 aliphatic heterocycles. The normalized spacial score (nSPS) is 15.4. The molecule has 1 aromatic carbocycles. The lowest BCUT2D eigenvalue weighted by Gasteiger charge is -2.28. The van der Waals surface area contributed by atoms with Gasteiger partial charge in [0.15, 0.2) is 0 Å². The van der Waals surface area contributed by atoms with E-state index in [4.69, 9.17) is 5.73 Å². The van der Waals surface area contributed by atoms with Gasteiger partial charge in [-0.05, 0) is 48.6 Å². The maximum absolute atomic E-state index is 13.4. The van der Waals surface area contributed by atoms with Crippen LogP contribution in [0.25, 0.3) is 10.9 Å². The molecule has 2 rings (SSSR count). The summed E-state index contributed by atoms with van der Waals surface area (Å²) in [7, 11) is 0. The largest absolute Gasteiger partial charge is 0.480 e. The van der Waals surface area contributed by atoms with Crippen LogP contribution in [-0.4, -0.2) is 57.9 Å². The molecule has 3 amide bonds. The average Bonchev–Trinajstić information content (AvgIpc) is 3.27. The van der Waals surface area contributed by atoms with E-state index < -0.39 is 47.9 Å². The summed E-state index contributed by atoms with van der Waals surface area (Å²) in [6.45, 7) is 11.3. The van der Waals surface area contributed by atoms with Crippen LogP contribution in [0, 0.1) is 17.8 Å². The molecule has 7 N–H and O–H groups in total. The lowest BCUT2D eigenvalue weighted by Crippen LogP contribution is -2.58. The van der Waals surface area contributed by atoms with Crippen LogP contribution in [-0.2, 0) is 25.6 Å². The van der Waals surface area contributed by atoms with E-state index in [1.807, 2.05) is 65.1 Å². The van der Waals surface area contributed by atoms with E-state index in [-0.39, 0.29) is 24.2 Å². The van der Waals surface area contributed by atoms with E-state index in [1.54, 1.807) is 6.92 Å². The van der Waals surface area contributed by atoms with Gasteiger partial charge in [-0.2, -0.15) is 0 Å². The number of aromatic nitrogens is 1. The monoisotopic (exact) mass is 543 g/mol. The number of hydrogen-bond acceptors (Lipinski definition) is 5. The number of carbonyl (C=O) groups is 4. The number of para-hydroxylation sites is 1. The van der Waals surface area contributed by atoms with Gasteiger partial charge in [0, 0.05) is 17.1 Å². The van der Waals surface area contributed by atoms with Gasteiger partial charge in [-0.25, -0.2) is 4.79 Å². The lowest BCUT2D eigenvalue weighted by molar-refractivity contribution is -0.144. The summed E-state index contributed by atoms with van der Waals surface area (Å²) in [6.07, 6.45) is 3.34. The van der Waals surface area contributed by atoms with Crippen LogP contribution in [0.1, 0.15) is 66.4 Å². The van der Waals surface area contributed by atoms with Crippen LogP contribution < -0.4 is 21.7 Å². The summed E-state index contributed by atoms with van der Waals surface area (Å²) < 4.78 is 0. The zero-order valence-corrected chi connectivity index (χ0v) is 23.9. The highest BCUT2D eigenvalue weighted by molar-refractivity contribution is 5.94. The number of aromatic amines is 1. The Morgan fingerprint density at radius 3 is 1.95 bits per heavy atom. The topological polar surface area (TPSA) is 166 Å². The third-order valence-corrected chi connectivity index (χ3v) is 6.91. The predicted molar refractivity (Wildman–Crippen MR) is 152 cm³/mol. The highest BCUT2D eigenvalue weighted by Gasteiger charge is 2.32. The number of carbonyl (C=O) groups excluding carboxylic acids is 3. The summed E-state index contributed by atoms with van der Waals surface area (Å²) in [4.78, 5) is 54.4. The number of benzene rings is 1. The highest BCUT2D eigenvalue weighted by Crippen LogP contribution is 2.19. The first kappa shape index (κ1) is 31.8. The molecule has 0 aliphatic carbocycles. The summed E-state index contributed by atoms with van der Waals surface area (Å²) in [5, 5.41) is 18.7. The van der Waals surface area contributed by atoms with Crippen LogP contribution in [0.2, 0.25) is 0 Å². The van der Waals surface area contributed by atoms with Crippen molar-refractivity contribution in [2.75, 3.05) is 0 Å². The SMILES string of the molecule is CCC(C)C(NC(=O)C(CC(C)C)NC(=O)C(CC(C)C)NC(=O)C(N)Cc1c[nH]c2ccccc12)C(=O)O. The van der Waals surface area contributed by atoms with E-state index in [0.29, 0.717) is 19.3 Å². The molecule has 0 bridgehead atoms. The molecule has 5 unspecified atom stereocenters. The van der Waals surface area contributed by atoms with E-state index in [1.165, 1.54) is 0 Å². The smallest absolute Gasteiger partial charge is 0.326 e. The predicted octanol–water partition coefficient (Wildman–Crippen LogP) is 2.72. The Labute approximate surface area is 230 Å². The second-order valence-electron chi connectivity index (χ2n) is 11.3. The molecule has 0 radical (unpaired) electrons. The first-order valence-corrected chi connectivity index (χ1v) is 13.8. The van der Waals surface area contributed by atoms with Crippen molar-refractivity contribution in [1.29, 1.82) is 0 Å². The Hall–Kier alpha value is -3.40. The van der Waals surface area contributed by atoms with Crippen LogP contribution in [0.4, 0.5) is 0 Å². The Morgan fingerprint density at radius 2 is 1.41 bits per heavy atom. The number of H-pyrrole nitrogens is 1. The maximum atomic E-state index is 13.4. The van der Waals surface area contributed by atoms with Crippen molar-refractivity contribution >= 4 is 34.6 Å². The number of rotatable bonds is 15. The van der Waals surface area contributed by atoms with E-state index in [9.17, 15) is 24.3 Å². The van der Waals surface area contributed by atoms with Gasteiger partial charge in [-0.1, -0.05) is 66.2 Å². The third kappa shape index (κ3) is 9.38. The van der Waals surface area contributed by atoms with Gasteiger partial charge in [0.1, 0.15) is 18.1 Å². The van der Waals surface area contributed by atoms with Gasteiger partial charge >= 0.3 is 5.97 Å². The van der Waals surface area contributed by atoms with Crippen molar-refractivity contribution in [3.8, 4) is 0 Å². The Bertz CT molecular complexity index is 1130. The van der Waals surface area contributed by atoms with Gasteiger partial charge < -0.3 is 31.8 Å². The Kier molecular flexibility index (Phi) is 12.0. The molecule has 216 valence electrons. The zero-order valence-electron chi connectivity index (χ0n) is 23.9. The minimum atomic E-state index is -1.12. The molecule has 10 heteroatoms. The van der Waals surface area contributed by atoms with Crippen LogP contribution in [0.5, 0.6) is 0 Å². The molecule has 0 saturated heterocycles. The van der Waals surface area contributed by atoms with Crippen molar-refractivity contribution in [3.63, 3.8) is 0 Å². The third-order valence-electron chi connectivity index (χ3n) is 6.91. The van der Waals surface area contributed by atoms with E-state index >= 15 is 0 Å². The number of carboxylic acid groups (broad SMARTS) is 1. The van der Waals surface area contributed by atoms with Gasteiger partial charge in [0.25, 0.3) is 0 Å². The number of carboxylic acids is 1. The molecule has 1 heterocycles. The van der Waals surface area contributed by atoms with Crippen molar-refractivity contribution in [2.24, 2.45) is 23.5 Å². The molecule has 2 aromatic rings. The molecule has 5 atom stereocenters. The minimum absolute atomic E-state index is 0.0515. The molecular weight excluding hydrogens is 498 g/mol. The summed E-state index contributed by atoms with van der Waals surface area (Å²) >= 11 is 0. The molecular formula is C29H45N5O5. The van der Waals surface area contributed by atoms with Crippen molar-refractivity contribution in [3.05, 3.63) is 36.0 Å². The second kappa shape index (κ2) is 14.7. The first-order chi connectivity index (χ1) is 18.3. The molecule has 0 spiro atoms. The van der Waals surface area contributed by atoms with E-state index in [2.05, 4.69) is 20.9 Å². The fourth-order valence-electron chi connectivity index (χ4n) is 4.52. The van der Waals surface area contributed by atoms with Gasteiger partial charge in [0.05, 0.1) is 6.04 Å². The van der Waals surface area contributed by atoms with Crippen molar-refractivity contribution in [1.82, 2.24) is 20.9 Å². The number of nitrogens with two attached hydrogens (primary N) is 1. The van der Waals surface area contributed by atoms with Crippen LogP contribution in [0.3, 0.4) is 0 Å². The maximum Gasteiger partial charge on any atom is 0.326 e. The quantitative estimate of drug-likeness (QED) is 0.202. The zero-order chi connectivity index (χ0) is 29.3. The van der Waals surface area contributed by atoms with Crippen molar-refractivity contribution < 1.29 is 24.3 Å². The number of hydrogen-bond donors (Lipinski definition) is 6. The van der Waals surface area contributed by atoms with Crippen molar-refractivity contribution in [2.45, 2.75) is 91.4 Å².